The molecule has 0 atom stereocenters. The molecule has 0 aromatic heterocycles. The van der Waals surface area contributed by atoms with Gasteiger partial charge in [0.05, 0.1) is 12.2 Å². The molecule has 4 heteroatoms. The topological polar surface area (TPSA) is 35.9 Å². The summed E-state index contributed by atoms with van der Waals surface area (Å²) in [5.41, 5.74) is 1.93. The van der Waals surface area contributed by atoms with Crippen LogP contribution >= 0.6 is 0 Å². The molecule has 0 spiro atoms. The van der Waals surface area contributed by atoms with Crippen LogP contribution in [0.5, 0.6) is 0 Å². The number of fused-ring (bicyclic) bond motifs is 3. The summed E-state index contributed by atoms with van der Waals surface area (Å²) in [6.07, 6.45) is 1.04. The molecule has 106 valence electrons. The number of amidine groups is 1. The highest BCUT2D eigenvalue weighted by molar-refractivity contribution is 6.09. The van der Waals surface area contributed by atoms with E-state index >= 15 is 0 Å². The van der Waals surface area contributed by atoms with Crippen LogP contribution < -0.4 is 5.01 Å². The van der Waals surface area contributed by atoms with Gasteiger partial charge in [0, 0.05) is 24.1 Å². The van der Waals surface area contributed by atoms with Crippen molar-refractivity contribution in [1.29, 1.82) is 0 Å². The largest absolute Gasteiger partial charge is 0.297 e. The molecular weight excluding hydrogens is 250 g/mol. The summed E-state index contributed by atoms with van der Waals surface area (Å²) >= 11 is 0. The van der Waals surface area contributed by atoms with Crippen molar-refractivity contribution < 1.29 is 4.79 Å². The molecule has 0 saturated heterocycles. The van der Waals surface area contributed by atoms with Crippen LogP contribution in [0, 0.1) is 5.41 Å². The Hall–Kier alpha value is -1.84. The number of carbonyl (C=O) groups excluding carboxylic acids is 1. The second-order valence-electron chi connectivity index (χ2n) is 6.43. The molecule has 0 radical (unpaired) electrons. The van der Waals surface area contributed by atoms with E-state index in [2.05, 4.69) is 27.1 Å². The standard InChI is InChI=1S/C16H21N3O/c1-16(2,3)14(20)11-19-13-8-5-4-7-12(13)15-17-9-6-10-18(15)19/h4-5,7-8H,6,9-11H2,1-3H3. The third kappa shape index (κ3) is 2.09. The Kier molecular flexibility index (Phi) is 3.04. The zero-order valence-electron chi connectivity index (χ0n) is 12.4. The molecule has 0 unspecified atom stereocenters. The smallest absolute Gasteiger partial charge is 0.159 e. The van der Waals surface area contributed by atoms with E-state index in [-0.39, 0.29) is 11.2 Å². The van der Waals surface area contributed by atoms with Gasteiger partial charge in [0.15, 0.2) is 11.6 Å². The van der Waals surface area contributed by atoms with Gasteiger partial charge in [-0.3, -0.25) is 19.8 Å². The minimum Gasteiger partial charge on any atom is -0.297 e. The molecule has 1 aromatic rings. The third-order valence-electron chi connectivity index (χ3n) is 3.88. The van der Waals surface area contributed by atoms with Crippen LogP contribution in [0.15, 0.2) is 29.3 Å². The van der Waals surface area contributed by atoms with E-state index in [0.717, 1.165) is 36.6 Å². The van der Waals surface area contributed by atoms with Crippen molar-refractivity contribution in [2.75, 3.05) is 24.6 Å². The number of nitrogens with zero attached hydrogens (tertiary/aromatic N) is 3. The molecule has 20 heavy (non-hydrogen) atoms. The fraction of sp³-hybridized carbons (Fsp3) is 0.500. The number of hydrazine groups is 1. The number of anilines is 1. The lowest BCUT2D eigenvalue weighted by Gasteiger charge is -2.34. The highest BCUT2D eigenvalue weighted by Crippen LogP contribution is 2.33. The van der Waals surface area contributed by atoms with Gasteiger partial charge in [-0.25, -0.2) is 0 Å². The average molecular weight is 271 g/mol. The first-order valence-corrected chi connectivity index (χ1v) is 7.20. The lowest BCUT2D eigenvalue weighted by molar-refractivity contribution is -0.125. The maximum absolute atomic E-state index is 12.4. The van der Waals surface area contributed by atoms with Gasteiger partial charge in [-0.15, -0.1) is 0 Å². The molecular formula is C16H21N3O. The predicted molar refractivity (Wildman–Crippen MR) is 81.0 cm³/mol. The van der Waals surface area contributed by atoms with Gasteiger partial charge in [0.2, 0.25) is 0 Å². The van der Waals surface area contributed by atoms with Gasteiger partial charge in [0.1, 0.15) is 0 Å². The first-order valence-electron chi connectivity index (χ1n) is 7.20. The summed E-state index contributed by atoms with van der Waals surface area (Å²) in [5, 5.41) is 4.26. The van der Waals surface area contributed by atoms with Gasteiger partial charge < -0.3 is 0 Å². The average Bonchev–Trinajstić information content (AvgIpc) is 2.73. The van der Waals surface area contributed by atoms with Gasteiger partial charge in [-0.2, -0.15) is 0 Å². The van der Waals surface area contributed by atoms with E-state index in [1.54, 1.807) is 0 Å². The minimum absolute atomic E-state index is 0.249. The lowest BCUT2D eigenvalue weighted by atomic mass is 9.91. The Bertz CT molecular complexity index is 571. The van der Waals surface area contributed by atoms with Gasteiger partial charge in [-0.05, 0) is 18.6 Å². The summed E-state index contributed by atoms with van der Waals surface area (Å²) < 4.78 is 0. The zero-order chi connectivity index (χ0) is 14.3. The van der Waals surface area contributed by atoms with Crippen LogP contribution in [0.1, 0.15) is 32.8 Å². The monoisotopic (exact) mass is 271 g/mol. The highest BCUT2D eigenvalue weighted by atomic mass is 16.1. The lowest BCUT2D eigenvalue weighted by Crippen LogP contribution is -2.48. The van der Waals surface area contributed by atoms with Crippen molar-refractivity contribution >= 4 is 17.3 Å². The molecule has 0 amide bonds. The molecule has 2 aliphatic rings. The summed E-state index contributed by atoms with van der Waals surface area (Å²) in [6, 6.07) is 8.22. The van der Waals surface area contributed by atoms with Crippen LogP contribution in [0.25, 0.3) is 0 Å². The number of hydrogen-bond donors (Lipinski definition) is 0. The summed E-state index contributed by atoms with van der Waals surface area (Å²) in [7, 11) is 0. The Morgan fingerprint density at radius 2 is 2.05 bits per heavy atom. The maximum atomic E-state index is 12.4. The molecule has 0 N–H and O–H groups in total. The van der Waals surface area contributed by atoms with E-state index in [0.29, 0.717) is 6.54 Å². The molecule has 2 heterocycles. The Morgan fingerprint density at radius 3 is 2.80 bits per heavy atom. The second-order valence-corrected chi connectivity index (χ2v) is 6.43. The highest BCUT2D eigenvalue weighted by Gasteiger charge is 2.36. The van der Waals surface area contributed by atoms with Gasteiger partial charge in [0.25, 0.3) is 0 Å². The summed E-state index contributed by atoms with van der Waals surface area (Å²) in [4.78, 5) is 17.0. The van der Waals surface area contributed by atoms with Crippen molar-refractivity contribution in [2.45, 2.75) is 27.2 Å². The zero-order valence-corrected chi connectivity index (χ0v) is 12.4. The maximum Gasteiger partial charge on any atom is 0.159 e. The second kappa shape index (κ2) is 4.62. The molecule has 0 bridgehead atoms. The van der Waals surface area contributed by atoms with E-state index < -0.39 is 0 Å². The molecule has 0 fully saturated rings. The van der Waals surface area contributed by atoms with Crippen LogP contribution in [0.4, 0.5) is 5.69 Å². The number of Topliss-reactive ketones (excluding diaryl/α,β-unsaturated/α-hetero) is 1. The van der Waals surface area contributed by atoms with Crippen molar-refractivity contribution in [1.82, 2.24) is 5.01 Å². The number of para-hydroxylation sites is 1. The minimum atomic E-state index is -0.315. The van der Waals surface area contributed by atoms with Gasteiger partial charge >= 0.3 is 0 Å². The van der Waals surface area contributed by atoms with Crippen molar-refractivity contribution in [3.05, 3.63) is 29.8 Å². The summed E-state index contributed by atoms with van der Waals surface area (Å²) in [6.45, 7) is 8.15. The quantitative estimate of drug-likeness (QED) is 0.829. The van der Waals surface area contributed by atoms with E-state index in [1.807, 2.05) is 32.9 Å². The first-order chi connectivity index (χ1) is 9.48. The van der Waals surface area contributed by atoms with Crippen LogP contribution in [-0.4, -0.2) is 36.3 Å². The fourth-order valence-electron chi connectivity index (χ4n) is 2.61. The van der Waals surface area contributed by atoms with E-state index in [9.17, 15) is 4.79 Å². The number of benzene rings is 1. The van der Waals surface area contributed by atoms with Crippen molar-refractivity contribution in [3.63, 3.8) is 0 Å². The number of ketones is 1. The number of rotatable bonds is 2. The van der Waals surface area contributed by atoms with Crippen molar-refractivity contribution in [3.8, 4) is 0 Å². The molecule has 2 aliphatic heterocycles. The Balaban J connectivity index is 1.96. The Labute approximate surface area is 120 Å². The molecule has 3 rings (SSSR count). The number of aliphatic imine (C=N–C) groups is 1. The third-order valence-corrected chi connectivity index (χ3v) is 3.88. The van der Waals surface area contributed by atoms with E-state index in [4.69, 9.17) is 0 Å². The summed E-state index contributed by atoms with van der Waals surface area (Å²) in [5.74, 6) is 1.27. The van der Waals surface area contributed by atoms with Crippen LogP contribution in [0.2, 0.25) is 0 Å². The van der Waals surface area contributed by atoms with Crippen LogP contribution in [0.3, 0.4) is 0 Å². The molecule has 0 aliphatic carbocycles. The number of carbonyl (C=O) groups is 1. The molecule has 0 saturated carbocycles. The van der Waals surface area contributed by atoms with E-state index in [1.165, 1.54) is 0 Å². The predicted octanol–water partition coefficient (Wildman–Crippen LogP) is 2.49. The Morgan fingerprint density at radius 1 is 1.30 bits per heavy atom. The fourth-order valence-corrected chi connectivity index (χ4v) is 2.61. The first kappa shape index (κ1) is 13.2. The molecule has 1 aromatic carbocycles. The normalized spacial score (nSPS) is 17.6. The van der Waals surface area contributed by atoms with Crippen LogP contribution in [-0.2, 0) is 4.79 Å². The SMILES string of the molecule is CC(C)(C)C(=O)CN1c2ccccc2C2=NCCCN21. The number of hydrogen-bond acceptors (Lipinski definition) is 4. The van der Waals surface area contributed by atoms with Gasteiger partial charge in [-0.1, -0.05) is 32.9 Å². The molecule has 4 nitrogen and oxygen atoms in total. The van der Waals surface area contributed by atoms with Crippen molar-refractivity contribution in [2.24, 2.45) is 10.4 Å².